The summed E-state index contributed by atoms with van der Waals surface area (Å²) < 4.78 is 0.795. The highest BCUT2D eigenvalue weighted by molar-refractivity contribution is 8.10. The van der Waals surface area contributed by atoms with Crippen molar-refractivity contribution in [3.05, 3.63) is 0 Å². The van der Waals surface area contributed by atoms with Crippen LogP contribution in [0, 0.1) is 0 Å². The number of nitrogens with zero attached hydrogens (tertiary/aromatic N) is 1. The summed E-state index contributed by atoms with van der Waals surface area (Å²) in [7, 11) is 0. The van der Waals surface area contributed by atoms with Crippen LogP contribution in [0.5, 0.6) is 0 Å². The molecule has 0 aromatic carbocycles. The molecule has 0 aromatic heterocycles. The summed E-state index contributed by atoms with van der Waals surface area (Å²) in [6.45, 7) is 6.78. The van der Waals surface area contributed by atoms with E-state index in [0.717, 1.165) is 17.4 Å². The normalized spacial score (nSPS) is 11.1. The molecular formula is C25H51NS2. The molecule has 0 saturated heterocycles. The molecule has 0 spiro atoms. The molecule has 0 aliphatic rings. The van der Waals surface area contributed by atoms with E-state index >= 15 is 0 Å². The van der Waals surface area contributed by atoms with Gasteiger partial charge in [0.1, 0.15) is 4.32 Å². The van der Waals surface area contributed by atoms with Crippen molar-refractivity contribution >= 4 is 29.2 Å². The van der Waals surface area contributed by atoms with Crippen LogP contribution in [-0.2, 0) is 0 Å². The quantitative estimate of drug-likeness (QED) is 0.104. The maximum Gasteiger partial charge on any atom is 0.133 e. The van der Waals surface area contributed by atoms with E-state index in [-0.39, 0.29) is 0 Å². The highest BCUT2D eigenvalue weighted by Crippen LogP contribution is 2.14. The molecule has 0 unspecified atom stereocenters. The summed E-state index contributed by atoms with van der Waals surface area (Å²) in [5.74, 6) is 0. The Morgan fingerprint density at radius 3 is 1.00 bits per heavy atom. The molecular weight excluding hydrogens is 378 g/mol. The van der Waals surface area contributed by atoms with Crippen LogP contribution in [0.3, 0.4) is 0 Å². The first-order valence-corrected chi connectivity index (χ1v) is 13.6. The third kappa shape index (κ3) is 21.0. The number of unbranched alkanes of at least 4 members (excludes halogenated alkanes) is 18. The Hall–Kier alpha value is 0.240. The first kappa shape index (κ1) is 28.2. The Kier molecular flexibility index (Phi) is 23.7. The number of hydrogen-bond donors (Lipinski definition) is 1. The molecule has 0 radical (unpaired) electrons. The molecule has 0 rings (SSSR count). The molecule has 0 aliphatic carbocycles. The summed E-state index contributed by atoms with van der Waals surface area (Å²) in [4.78, 5) is 2.32. The van der Waals surface area contributed by atoms with E-state index in [1.165, 1.54) is 128 Å². The van der Waals surface area contributed by atoms with Crippen LogP contribution in [0.4, 0.5) is 0 Å². The summed E-state index contributed by atoms with van der Waals surface area (Å²) in [5.41, 5.74) is 0. The summed E-state index contributed by atoms with van der Waals surface area (Å²) in [6, 6.07) is 0. The molecule has 0 aliphatic heterocycles. The van der Waals surface area contributed by atoms with Gasteiger partial charge in [-0.15, -0.1) is 12.6 Å². The van der Waals surface area contributed by atoms with Crippen LogP contribution >= 0.6 is 24.8 Å². The van der Waals surface area contributed by atoms with Crippen LogP contribution in [-0.4, -0.2) is 22.3 Å². The SMILES string of the molecule is CCCCCCCCCCCCCCCCN(CCCCCCCC)C(=S)S. The van der Waals surface area contributed by atoms with Gasteiger partial charge in [-0.2, -0.15) is 0 Å². The fourth-order valence-corrected chi connectivity index (χ4v) is 4.27. The van der Waals surface area contributed by atoms with E-state index in [0.29, 0.717) is 0 Å². The molecule has 0 N–H and O–H groups in total. The van der Waals surface area contributed by atoms with Gasteiger partial charge in [-0.05, 0) is 12.8 Å². The fraction of sp³-hybridized carbons (Fsp3) is 0.960. The van der Waals surface area contributed by atoms with Gasteiger partial charge in [0.2, 0.25) is 0 Å². The van der Waals surface area contributed by atoms with Crippen molar-refractivity contribution in [3.63, 3.8) is 0 Å². The minimum Gasteiger partial charge on any atom is -0.358 e. The van der Waals surface area contributed by atoms with Gasteiger partial charge < -0.3 is 4.90 Å². The van der Waals surface area contributed by atoms with Gasteiger partial charge in [0.15, 0.2) is 0 Å². The molecule has 0 bridgehead atoms. The first-order valence-electron chi connectivity index (χ1n) is 12.7. The van der Waals surface area contributed by atoms with Gasteiger partial charge in [0.25, 0.3) is 0 Å². The highest BCUT2D eigenvalue weighted by Gasteiger charge is 2.05. The number of thiocarbonyl (C=S) groups is 1. The van der Waals surface area contributed by atoms with Gasteiger partial charge in [-0.3, -0.25) is 0 Å². The van der Waals surface area contributed by atoms with Gasteiger partial charge in [0.05, 0.1) is 0 Å². The Bertz CT molecular complexity index is 320. The standard InChI is InChI=1S/C25H51NS2/c1-3-5-7-9-11-12-13-14-15-16-17-18-20-22-24-26(25(27)28)23-21-19-10-8-6-4-2/h3-24H2,1-2H3,(H,27,28). The molecule has 0 atom stereocenters. The van der Waals surface area contributed by atoms with E-state index in [4.69, 9.17) is 12.2 Å². The lowest BCUT2D eigenvalue weighted by Crippen LogP contribution is -2.28. The molecule has 168 valence electrons. The second kappa shape index (κ2) is 23.5. The molecule has 28 heavy (non-hydrogen) atoms. The largest absolute Gasteiger partial charge is 0.358 e. The van der Waals surface area contributed by atoms with E-state index in [2.05, 4.69) is 31.4 Å². The van der Waals surface area contributed by atoms with Crippen LogP contribution in [0.25, 0.3) is 0 Å². The zero-order valence-electron chi connectivity index (χ0n) is 19.4. The smallest absolute Gasteiger partial charge is 0.133 e. The second-order valence-electron chi connectivity index (χ2n) is 8.63. The van der Waals surface area contributed by atoms with Crippen molar-refractivity contribution in [1.82, 2.24) is 4.90 Å². The van der Waals surface area contributed by atoms with Crippen LogP contribution in [0.2, 0.25) is 0 Å². The minimum atomic E-state index is 0.795. The zero-order chi connectivity index (χ0) is 20.7. The van der Waals surface area contributed by atoms with Crippen molar-refractivity contribution < 1.29 is 0 Å². The molecule has 0 amide bonds. The van der Waals surface area contributed by atoms with Crippen molar-refractivity contribution in [3.8, 4) is 0 Å². The maximum absolute atomic E-state index is 5.33. The summed E-state index contributed by atoms with van der Waals surface area (Å²) in [6.07, 6.45) is 27.9. The molecule has 0 saturated carbocycles. The second-order valence-corrected chi connectivity index (χ2v) is 9.75. The van der Waals surface area contributed by atoms with Gasteiger partial charge in [-0.25, -0.2) is 0 Å². The lowest BCUT2D eigenvalue weighted by Gasteiger charge is -2.22. The van der Waals surface area contributed by atoms with E-state index < -0.39 is 0 Å². The zero-order valence-corrected chi connectivity index (χ0v) is 21.1. The highest BCUT2D eigenvalue weighted by atomic mass is 32.1. The van der Waals surface area contributed by atoms with Crippen molar-refractivity contribution in [1.29, 1.82) is 0 Å². The molecule has 0 heterocycles. The van der Waals surface area contributed by atoms with Gasteiger partial charge in [-0.1, -0.05) is 142 Å². The van der Waals surface area contributed by atoms with Crippen LogP contribution in [0.15, 0.2) is 0 Å². The Morgan fingerprint density at radius 1 is 0.500 bits per heavy atom. The fourth-order valence-electron chi connectivity index (χ4n) is 3.88. The minimum absolute atomic E-state index is 0.795. The molecule has 0 aromatic rings. The lowest BCUT2D eigenvalue weighted by atomic mass is 10.0. The van der Waals surface area contributed by atoms with E-state index in [1.807, 2.05) is 0 Å². The van der Waals surface area contributed by atoms with Gasteiger partial charge in [0, 0.05) is 13.1 Å². The Balaban J connectivity index is 3.38. The predicted molar refractivity (Wildman–Crippen MR) is 137 cm³/mol. The Labute approximate surface area is 189 Å². The summed E-state index contributed by atoms with van der Waals surface area (Å²) in [5, 5.41) is 0. The lowest BCUT2D eigenvalue weighted by molar-refractivity contribution is 0.395. The van der Waals surface area contributed by atoms with Crippen molar-refractivity contribution in [2.45, 2.75) is 142 Å². The maximum atomic E-state index is 5.33. The average Bonchev–Trinajstić information content (AvgIpc) is 2.68. The van der Waals surface area contributed by atoms with Crippen LogP contribution in [0.1, 0.15) is 142 Å². The number of rotatable bonds is 22. The first-order chi connectivity index (χ1) is 13.7. The molecule has 3 heteroatoms. The third-order valence-electron chi connectivity index (χ3n) is 5.83. The molecule has 0 fully saturated rings. The van der Waals surface area contributed by atoms with Crippen molar-refractivity contribution in [2.75, 3.05) is 13.1 Å². The monoisotopic (exact) mass is 429 g/mol. The summed E-state index contributed by atoms with van der Waals surface area (Å²) >= 11 is 9.76. The number of thiol groups is 1. The van der Waals surface area contributed by atoms with E-state index in [1.54, 1.807) is 0 Å². The predicted octanol–water partition coefficient (Wildman–Crippen LogP) is 9.34. The Morgan fingerprint density at radius 2 is 0.750 bits per heavy atom. The number of hydrogen-bond acceptors (Lipinski definition) is 1. The van der Waals surface area contributed by atoms with Gasteiger partial charge >= 0.3 is 0 Å². The molecule has 1 nitrogen and oxygen atoms in total. The third-order valence-corrected chi connectivity index (χ3v) is 6.37. The van der Waals surface area contributed by atoms with E-state index in [9.17, 15) is 0 Å². The topological polar surface area (TPSA) is 3.24 Å². The average molecular weight is 430 g/mol. The van der Waals surface area contributed by atoms with Crippen LogP contribution < -0.4 is 0 Å². The van der Waals surface area contributed by atoms with Crippen molar-refractivity contribution in [2.24, 2.45) is 0 Å².